The minimum absolute atomic E-state index is 0.150. The van der Waals surface area contributed by atoms with Crippen LogP contribution in [-0.2, 0) is 6.42 Å². The lowest BCUT2D eigenvalue weighted by atomic mass is 9.96. The van der Waals surface area contributed by atoms with Crippen LogP contribution in [0.1, 0.15) is 43.8 Å². The van der Waals surface area contributed by atoms with E-state index in [1.54, 1.807) is 6.07 Å². The van der Waals surface area contributed by atoms with Crippen molar-refractivity contribution in [3.63, 3.8) is 0 Å². The third kappa shape index (κ3) is 3.25. The highest BCUT2D eigenvalue weighted by Gasteiger charge is 2.19. The third-order valence-electron chi connectivity index (χ3n) is 3.38. The molecule has 0 saturated heterocycles. The standard InChI is InChI=1S/C12H19F2N3/c13-12(14)11(15)8-9-6-7-17(16-9)10-4-2-1-3-5-10/h6-7,10-12H,1-5,8,15H2. The van der Waals surface area contributed by atoms with Crippen molar-refractivity contribution in [1.82, 2.24) is 9.78 Å². The molecule has 1 fully saturated rings. The molecule has 5 heteroatoms. The fraction of sp³-hybridized carbons (Fsp3) is 0.750. The lowest BCUT2D eigenvalue weighted by Gasteiger charge is -2.21. The highest BCUT2D eigenvalue weighted by Crippen LogP contribution is 2.27. The van der Waals surface area contributed by atoms with Crippen LogP contribution in [0.3, 0.4) is 0 Å². The van der Waals surface area contributed by atoms with Crippen molar-refractivity contribution >= 4 is 0 Å². The van der Waals surface area contributed by atoms with Crippen LogP contribution in [0.15, 0.2) is 12.3 Å². The Morgan fingerprint density at radius 2 is 2.06 bits per heavy atom. The van der Waals surface area contributed by atoms with Crippen LogP contribution in [0.2, 0.25) is 0 Å². The molecule has 0 radical (unpaired) electrons. The Labute approximate surface area is 100.0 Å². The van der Waals surface area contributed by atoms with Crippen molar-refractivity contribution < 1.29 is 8.78 Å². The molecule has 0 bridgehead atoms. The van der Waals surface area contributed by atoms with Crippen LogP contribution in [-0.4, -0.2) is 22.2 Å². The number of hydrogen-bond donors (Lipinski definition) is 1. The zero-order valence-corrected chi connectivity index (χ0v) is 9.86. The molecule has 2 N–H and O–H groups in total. The summed E-state index contributed by atoms with van der Waals surface area (Å²) in [4.78, 5) is 0. The summed E-state index contributed by atoms with van der Waals surface area (Å²) in [7, 11) is 0. The van der Waals surface area contributed by atoms with E-state index >= 15 is 0 Å². The molecule has 1 aliphatic carbocycles. The highest BCUT2D eigenvalue weighted by molar-refractivity contribution is 5.02. The molecule has 0 spiro atoms. The number of hydrogen-bond acceptors (Lipinski definition) is 2. The van der Waals surface area contributed by atoms with E-state index in [0.717, 1.165) is 12.8 Å². The van der Waals surface area contributed by atoms with E-state index in [1.807, 2.05) is 10.9 Å². The van der Waals surface area contributed by atoms with Crippen molar-refractivity contribution in [2.24, 2.45) is 5.73 Å². The fourth-order valence-corrected chi connectivity index (χ4v) is 2.37. The summed E-state index contributed by atoms with van der Waals surface area (Å²) in [6.45, 7) is 0. The summed E-state index contributed by atoms with van der Waals surface area (Å²) in [6.07, 6.45) is 5.60. The van der Waals surface area contributed by atoms with E-state index in [0.29, 0.717) is 11.7 Å². The van der Waals surface area contributed by atoms with E-state index < -0.39 is 12.5 Å². The first-order chi connectivity index (χ1) is 8.16. The molecule has 0 amide bonds. The zero-order valence-electron chi connectivity index (χ0n) is 9.86. The van der Waals surface area contributed by atoms with Crippen molar-refractivity contribution in [3.05, 3.63) is 18.0 Å². The molecule has 0 aliphatic heterocycles. The lowest BCUT2D eigenvalue weighted by Crippen LogP contribution is -2.31. The van der Waals surface area contributed by atoms with Gasteiger partial charge >= 0.3 is 0 Å². The Morgan fingerprint density at radius 3 is 2.71 bits per heavy atom. The summed E-state index contributed by atoms with van der Waals surface area (Å²) in [6, 6.07) is 1.14. The van der Waals surface area contributed by atoms with Gasteiger partial charge < -0.3 is 5.73 Å². The van der Waals surface area contributed by atoms with Crippen molar-refractivity contribution in [2.75, 3.05) is 0 Å². The molecule has 1 aromatic heterocycles. The fourth-order valence-electron chi connectivity index (χ4n) is 2.37. The number of halogens is 2. The van der Waals surface area contributed by atoms with Gasteiger partial charge in [-0.25, -0.2) is 8.78 Å². The van der Waals surface area contributed by atoms with Gasteiger partial charge in [0.15, 0.2) is 0 Å². The monoisotopic (exact) mass is 243 g/mol. The number of nitrogens with two attached hydrogens (primary N) is 1. The molecule has 1 aliphatic rings. The van der Waals surface area contributed by atoms with Gasteiger partial charge in [0.05, 0.1) is 17.8 Å². The van der Waals surface area contributed by atoms with Gasteiger partial charge in [-0.3, -0.25) is 4.68 Å². The normalized spacial score (nSPS) is 19.8. The van der Waals surface area contributed by atoms with Crippen LogP contribution in [0.4, 0.5) is 8.78 Å². The Balaban J connectivity index is 1.95. The van der Waals surface area contributed by atoms with Crippen LogP contribution in [0.25, 0.3) is 0 Å². The lowest BCUT2D eigenvalue weighted by molar-refractivity contribution is 0.115. The predicted molar refractivity (Wildman–Crippen MR) is 62.0 cm³/mol. The zero-order chi connectivity index (χ0) is 12.3. The van der Waals surface area contributed by atoms with Crippen LogP contribution in [0.5, 0.6) is 0 Å². The Morgan fingerprint density at radius 1 is 1.35 bits per heavy atom. The maximum absolute atomic E-state index is 12.3. The largest absolute Gasteiger partial charge is 0.323 e. The summed E-state index contributed by atoms with van der Waals surface area (Å²) in [5, 5.41) is 4.36. The molecule has 1 atom stereocenters. The predicted octanol–water partition coefficient (Wildman–Crippen LogP) is 2.52. The maximum atomic E-state index is 12.3. The van der Waals surface area contributed by atoms with Crippen LogP contribution in [0, 0.1) is 0 Å². The number of alkyl halides is 2. The van der Waals surface area contributed by atoms with E-state index in [1.165, 1.54) is 19.3 Å². The molecule has 1 unspecified atom stereocenters. The number of aromatic nitrogens is 2. The topological polar surface area (TPSA) is 43.8 Å². The van der Waals surface area contributed by atoms with Gasteiger partial charge in [0.25, 0.3) is 6.43 Å². The highest BCUT2D eigenvalue weighted by atomic mass is 19.3. The van der Waals surface area contributed by atoms with Gasteiger partial charge in [0, 0.05) is 12.6 Å². The van der Waals surface area contributed by atoms with E-state index in [-0.39, 0.29) is 6.42 Å². The van der Waals surface area contributed by atoms with Gasteiger partial charge in [0.2, 0.25) is 0 Å². The van der Waals surface area contributed by atoms with Gasteiger partial charge in [-0.15, -0.1) is 0 Å². The SMILES string of the molecule is NC(Cc1ccn(C2CCCCC2)n1)C(F)F. The molecule has 2 rings (SSSR count). The second-order valence-corrected chi connectivity index (χ2v) is 4.78. The molecule has 1 heterocycles. The molecule has 0 aromatic carbocycles. The van der Waals surface area contributed by atoms with Crippen molar-refractivity contribution in [3.8, 4) is 0 Å². The van der Waals surface area contributed by atoms with E-state index in [4.69, 9.17) is 5.73 Å². The van der Waals surface area contributed by atoms with Crippen molar-refractivity contribution in [1.29, 1.82) is 0 Å². The third-order valence-corrected chi connectivity index (χ3v) is 3.38. The summed E-state index contributed by atoms with van der Waals surface area (Å²) >= 11 is 0. The molecular formula is C12H19F2N3. The Bertz CT molecular complexity index is 345. The van der Waals surface area contributed by atoms with Crippen LogP contribution < -0.4 is 5.73 Å². The molecule has 3 nitrogen and oxygen atoms in total. The van der Waals surface area contributed by atoms with Crippen molar-refractivity contribution in [2.45, 2.75) is 57.0 Å². The first kappa shape index (κ1) is 12.5. The van der Waals surface area contributed by atoms with Gasteiger partial charge in [0.1, 0.15) is 0 Å². The Kier molecular flexibility index (Phi) is 4.10. The van der Waals surface area contributed by atoms with Gasteiger partial charge in [-0.1, -0.05) is 19.3 Å². The summed E-state index contributed by atoms with van der Waals surface area (Å²) < 4.78 is 26.6. The quantitative estimate of drug-likeness (QED) is 0.883. The molecular weight excluding hydrogens is 224 g/mol. The second kappa shape index (κ2) is 5.58. The first-order valence-corrected chi connectivity index (χ1v) is 6.24. The maximum Gasteiger partial charge on any atom is 0.253 e. The van der Waals surface area contributed by atoms with E-state index in [9.17, 15) is 8.78 Å². The van der Waals surface area contributed by atoms with E-state index in [2.05, 4.69) is 5.10 Å². The number of nitrogens with zero attached hydrogens (tertiary/aromatic N) is 2. The first-order valence-electron chi connectivity index (χ1n) is 6.24. The molecule has 96 valence electrons. The smallest absolute Gasteiger partial charge is 0.253 e. The van der Waals surface area contributed by atoms with Crippen LogP contribution >= 0.6 is 0 Å². The summed E-state index contributed by atoms with van der Waals surface area (Å²) in [5.41, 5.74) is 6.01. The minimum atomic E-state index is -2.48. The molecule has 1 saturated carbocycles. The molecule has 1 aromatic rings. The minimum Gasteiger partial charge on any atom is -0.323 e. The Hall–Kier alpha value is -0.970. The molecule has 17 heavy (non-hydrogen) atoms. The van der Waals surface area contributed by atoms with Gasteiger partial charge in [-0.05, 0) is 18.9 Å². The average Bonchev–Trinajstić information content (AvgIpc) is 2.78. The summed E-state index contributed by atoms with van der Waals surface area (Å²) in [5.74, 6) is 0. The average molecular weight is 243 g/mol. The number of rotatable bonds is 4. The van der Waals surface area contributed by atoms with Gasteiger partial charge in [-0.2, -0.15) is 5.10 Å². The second-order valence-electron chi connectivity index (χ2n) is 4.78.